The molecule has 0 spiro atoms. The number of carbonyl (C=O) groups is 1. The van der Waals surface area contributed by atoms with Gasteiger partial charge in [-0.05, 0) is 54.7 Å². The molecule has 3 aromatic rings. The number of piperidine rings is 1. The SMILES string of the molecule is COc1cccc(Cc2nsc(N3CCC(CNC(=O)c4cccc(OC)c4)CC3)n2)c1. The number of benzene rings is 2. The Labute approximate surface area is 192 Å². The maximum Gasteiger partial charge on any atom is 0.251 e. The molecule has 0 bridgehead atoms. The van der Waals surface area contributed by atoms with Gasteiger partial charge in [0.1, 0.15) is 17.3 Å². The van der Waals surface area contributed by atoms with Crippen molar-refractivity contribution in [1.82, 2.24) is 14.7 Å². The number of carbonyl (C=O) groups excluding carboxylic acids is 1. The molecule has 4 rings (SSSR count). The first-order chi connectivity index (χ1) is 15.6. The number of hydrogen-bond acceptors (Lipinski definition) is 7. The normalized spacial score (nSPS) is 14.2. The molecule has 168 valence electrons. The summed E-state index contributed by atoms with van der Waals surface area (Å²) in [6.45, 7) is 2.53. The van der Waals surface area contributed by atoms with Gasteiger partial charge in [-0.25, -0.2) is 4.98 Å². The molecule has 1 aliphatic rings. The van der Waals surface area contributed by atoms with E-state index in [-0.39, 0.29) is 5.91 Å². The lowest BCUT2D eigenvalue weighted by atomic mass is 9.97. The summed E-state index contributed by atoms with van der Waals surface area (Å²) in [6, 6.07) is 15.2. The number of anilines is 1. The van der Waals surface area contributed by atoms with Crippen LogP contribution in [0.15, 0.2) is 48.5 Å². The Hall–Kier alpha value is -3.13. The number of amides is 1. The third-order valence-electron chi connectivity index (χ3n) is 5.72. The number of nitrogens with zero attached hydrogens (tertiary/aromatic N) is 3. The largest absolute Gasteiger partial charge is 0.497 e. The molecule has 2 heterocycles. The Balaban J connectivity index is 1.25. The Morgan fingerprint density at radius 2 is 1.81 bits per heavy atom. The lowest BCUT2D eigenvalue weighted by Crippen LogP contribution is -2.38. The second-order valence-electron chi connectivity index (χ2n) is 7.89. The second kappa shape index (κ2) is 10.5. The van der Waals surface area contributed by atoms with E-state index in [1.807, 2.05) is 30.3 Å². The molecular weight excluding hydrogens is 424 g/mol. The van der Waals surface area contributed by atoms with Crippen molar-refractivity contribution in [1.29, 1.82) is 0 Å². The summed E-state index contributed by atoms with van der Waals surface area (Å²) < 4.78 is 15.0. The summed E-state index contributed by atoms with van der Waals surface area (Å²) in [5, 5.41) is 4.04. The second-order valence-corrected chi connectivity index (χ2v) is 8.62. The molecule has 1 fully saturated rings. The van der Waals surface area contributed by atoms with Crippen LogP contribution in [0.2, 0.25) is 0 Å². The number of aromatic nitrogens is 2. The van der Waals surface area contributed by atoms with Crippen LogP contribution in [0.3, 0.4) is 0 Å². The van der Waals surface area contributed by atoms with Crippen molar-refractivity contribution < 1.29 is 14.3 Å². The molecule has 8 heteroatoms. The molecule has 1 N–H and O–H groups in total. The molecule has 1 aliphatic heterocycles. The van der Waals surface area contributed by atoms with Crippen LogP contribution < -0.4 is 19.7 Å². The Morgan fingerprint density at radius 3 is 2.56 bits per heavy atom. The van der Waals surface area contributed by atoms with Crippen LogP contribution in [0.1, 0.15) is 34.6 Å². The van der Waals surface area contributed by atoms with Gasteiger partial charge in [0.25, 0.3) is 5.91 Å². The number of ether oxygens (including phenoxy) is 2. The van der Waals surface area contributed by atoms with Gasteiger partial charge in [-0.2, -0.15) is 4.37 Å². The Kier molecular flexibility index (Phi) is 7.21. The van der Waals surface area contributed by atoms with Crippen LogP contribution >= 0.6 is 11.5 Å². The molecule has 0 saturated carbocycles. The number of methoxy groups -OCH3 is 2. The van der Waals surface area contributed by atoms with Gasteiger partial charge in [-0.1, -0.05) is 18.2 Å². The summed E-state index contributed by atoms with van der Waals surface area (Å²) >= 11 is 1.46. The summed E-state index contributed by atoms with van der Waals surface area (Å²) in [5.74, 6) is 2.78. The summed E-state index contributed by atoms with van der Waals surface area (Å²) in [5.41, 5.74) is 1.76. The van der Waals surface area contributed by atoms with E-state index in [2.05, 4.69) is 20.7 Å². The molecular formula is C24H28N4O3S. The van der Waals surface area contributed by atoms with E-state index in [9.17, 15) is 4.79 Å². The highest BCUT2D eigenvalue weighted by Crippen LogP contribution is 2.25. The summed E-state index contributed by atoms with van der Waals surface area (Å²) in [6.07, 6.45) is 2.73. The van der Waals surface area contributed by atoms with Crippen molar-refractivity contribution in [2.75, 3.05) is 38.8 Å². The minimum Gasteiger partial charge on any atom is -0.497 e. The van der Waals surface area contributed by atoms with Gasteiger partial charge in [-0.15, -0.1) is 0 Å². The predicted molar refractivity (Wildman–Crippen MR) is 126 cm³/mol. The van der Waals surface area contributed by atoms with E-state index in [0.717, 1.165) is 48.2 Å². The monoisotopic (exact) mass is 452 g/mol. The number of nitrogens with one attached hydrogen (secondary N) is 1. The average molecular weight is 453 g/mol. The van der Waals surface area contributed by atoms with E-state index in [1.54, 1.807) is 26.4 Å². The molecule has 7 nitrogen and oxygen atoms in total. The number of rotatable bonds is 8. The molecule has 1 saturated heterocycles. The Bertz CT molecular complexity index is 1050. The highest BCUT2D eigenvalue weighted by atomic mass is 32.1. The fourth-order valence-corrected chi connectivity index (χ4v) is 4.58. The molecule has 0 atom stereocenters. The highest BCUT2D eigenvalue weighted by molar-refractivity contribution is 7.09. The minimum absolute atomic E-state index is 0.0577. The Morgan fingerprint density at radius 1 is 1.09 bits per heavy atom. The van der Waals surface area contributed by atoms with Crippen molar-refractivity contribution in [3.63, 3.8) is 0 Å². The van der Waals surface area contributed by atoms with Crippen LogP contribution in [0.4, 0.5) is 5.13 Å². The van der Waals surface area contributed by atoms with Gasteiger partial charge in [0.15, 0.2) is 0 Å². The van der Waals surface area contributed by atoms with Crippen LogP contribution in [-0.2, 0) is 6.42 Å². The van der Waals surface area contributed by atoms with Crippen molar-refractivity contribution >= 4 is 22.6 Å². The van der Waals surface area contributed by atoms with Gasteiger partial charge in [0.05, 0.1) is 14.2 Å². The van der Waals surface area contributed by atoms with Gasteiger partial charge < -0.3 is 19.7 Å². The van der Waals surface area contributed by atoms with Gasteiger partial charge in [-0.3, -0.25) is 4.79 Å². The van der Waals surface area contributed by atoms with Crippen molar-refractivity contribution in [2.45, 2.75) is 19.3 Å². The van der Waals surface area contributed by atoms with Gasteiger partial charge in [0, 0.05) is 43.2 Å². The highest BCUT2D eigenvalue weighted by Gasteiger charge is 2.22. The molecule has 0 unspecified atom stereocenters. The molecule has 1 amide bonds. The zero-order valence-electron chi connectivity index (χ0n) is 18.4. The fraction of sp³-hybridized carbons (Fsp3) is 0.375. The topological polar surface area (TPSA) is 76.6 Å². The molecule has 2 aromatic carbocycles. The van der Waals surface area contributed by atoms with E-state index in [4.69, 9.17) is 14.5 Å². The zero-order valence-corrected chi connectivity index (χ0v) is 19.2. The maximum atomic E-state index is 12.4. The quantitative estimate of drug-likeness (QED) is 0.560. The van der Waals surface area contributed by atoms with E-state index < -0.39 is 0 Å². The average Bonchev–Trinajstić information content (AvgIpc) is 3.31. The van der Waals surface area contributed by atoms with E-state index in [1.165, 1.54) is 11.5 Å². The van der Waals surface area contributed by atoms with E-state index >= 15 is 0 Å². The first-order valence-corrected chi connectivity index (χ1v) is 11.5. The standard InChI is InChI=1S/C24H28N4O3S/c1-30-20-7-3-5-18(13-20)14-22-26-24(32-27-22)28-11-9-17(10-12-28)16-25-23(29)19-6-4-8-21(15-19)31-2/h3-8,13,15,17H,9-12,14,16H2,1-2H3,(H,25,29). The predicted octanol–water partition coefficient (Wildman–Crippen LogP) is 3.79. The molecule has 0 aliphatic carbocycles. The smallest absolute Gasteiger partial charge is 0.251 e. The number of hydrogen-bond donors (Lipinski definition) is 1. The van der Waals surface area contributed by atoms with Gasteiger partial charge in [0.2, 0.25) is 5.13 Å². The lowest BCUT2D eigenvalue weighted by Gasteiger charge is -2.31. The van der Waals surface area contributed by atoms with Gasteiger partial charge >= 0.3 is 0 Å². The van der Waals surface area contributed by atoms with Crippen molar-refractivity contribution in [3.05, 3.63) is 65.5 Å². The molecule has 0 radical (unpaired) electrons. The minimum atomic E-state index is -0.0577. The van der Waals surface area contributed by atoms with Crippen LogP contribution in [0, 0.1) is 5.92 Å². The summed E-state index contributed by atoms with van der Waals surface area (Å²) in [7, 11) is 3.27. The fourth-order valence-electron chi connectivity index (χ4n) is 3.84. The first-order valence-electron chi connectivity index (χ1n) is 10.8. The van der Waals surface area contributed by atoms with Crippen LogP contribution in [0.25, 0.3) is 0 Å². The third-order valence-corrected chi connectivity index (χ3v) is 6.54. The van der Waals surface area contributed by atoms with Crippen molar-refractivity contribution in [2.24, 2.45) is 5.92 Å². The first kappa shape index (κ1) is 22.1. The zero-order chi connectivity index (χ0) is 22.3. The molecule has 1 aromatic heterocycles. The van der Waals surface area contributed by atoms with Crippen molar-refractivity contribution in [3.8, 4) is 11.5 Å². The van der Waals surface area contributed by atoms with Crippen LogP contribution in [0.5, 0.6) is 11.5 Å². The van der Waals surface area contributed by atoms with Crippen LogP contribution in [-0.4, -0.2) is 49.1 Å². The molecule has 32 heavy (non-hydrogen) atoms. The third kappa shape index (κ3) is 5.56. The summed E-state index contributed by atoms with van der Waals surface area (Å²) in [4.78, 5) is 19.5. The maximum absolute atomic E-state index is 12.4. The lowest BCUT2D eigenvalue weighted by molar-refractivity contribution is 0.0944. The van der Waals surface area contributed by atoms with E-state index in [0.29, 0.717) is 30.2 Å².